The van der Waals surface area contributed by atoms with Gasteiger partial charge in [-0.15, -0.1) is 0 Å². The van der Waals surface area contributed by atoms with E-state index in [1.54, 1.807) is 18.2 Å². The lowest BCUT2D eigenvalue weighted by Gasteiger charge is -2.16. The summed E-state index contributed by atoms with van der Waals surface area (Å²) in [5, 5.41) is 0.767. The van der Waals surface area contributed by atoms with Crippen LogP contribution in [0.25, 0.3) is 0 Å². The molecule has 1 heterocycles. The lowest BCUT2D eigenvalue weighted by molar-refractivity contribution is 0.206. The lowest BCUT2D eigenvalue weighted by atomic mass is 10.3. The van der Waals surface area contributed by atoms with Crippen molar-refractivity contribution in [2.45, 2.75) is 0 Å². The summed E-state index contributed by atoms with van der Waals surface area (Å²) in [7, 11) is 0. The number of carbonyl (C=O) groups is 2. The Morgan fingerprint density at radius 2 is 1.94 bits per heavy atom. The van der Waals surface area contributed by atoms with Gasteiger partial charge in [0, 0.05) is 12.2 Å². The van der Waals surface area contributed by atoms with E-state index in [9.17, 15) is 9.59 Å². The van der Waals surface area contributed by atoms with E-state index in [0.717, 1.165) is 4.90 Å². The number of hydrogen-bond acceptors (Lipinski definition) is 2. The molecule has 0 atom stereocenters. The molecule has 90 valence electrons. The van der Waals surface area contributed by atoms with E-state index < -0.39 is 12.1 Å². The third-order valence-corrected chi connectivity index (χ3v) is 3.23. The van der Waals surface area contributed by atoms with Crippen molar-refractivity contribution in [2.24, 2.45) is 5.73 Å². The van der Waals surface area contributed by atoms with Crippen molar-refractivity contribution in [3.63, 3.8) is 0 Å². The summed E-state index contributed by atoms with van der Waals surface area (Å²) in [5.41, 5.74) is 5.67. The summed E-state index contributed by atoms with van der Waals surface area (Å²) in [5.74, 6) is 0. The number of nitrogens with zero attached hydrogens (tertiary/aromatic N) is 2. The second-order valence-electron chi connectivity index (χ2n) is 3.52. The van der Waals surface area contributed by atoms with Gasteiger partial charge in [0.2, 0.25) is 0 Å². The van der Waals surface area contributed by atoms with Crippen molar-refractivity contribution in [3.8, 4) is 0 Å². The highest BCUT2D eigenvalue weighted by molar-refractivity contribution is 6.42. The number of amides is 4. The zero-order valence-electron chi connectivity index (χ0n) is 8.69. The van der Waals surface area contributed by atoms with Crippen LogP contribution in [0.2, 0.25) is 10.0 Å². The highest BCUT2D eigenvalue weighted by atomic mass is 35.5. The maximum absolute atomic E-state index is 11.8. The normalized spacial score (nSPS) is 15.5. The number of anilines is 1. The van der Waals surface area contributed by atoms with Gasteiger partial charge < -0.3 is 5.73 Å². The fraction of sp³-hybridized carbons (Fsp3) is 0.200. The third kappa shape index (κ3) is 2.16. The molecule has 0 spiro atoms. The first-order chi connectivity index (χ1) is 8.00. The van der Waals surface area contributed by atoms with E-state index in [4.69, 9.17) is 28.9 Å². The Kier molecular flexibility index (Phi) is 3.13. The van der Waals surface area contributed by atoms with E-state index in [0.29, 0.717) is 22.3 Å². The summed E-state index contributed by atoms with van der Waals surface area (Å²) in [6, 6.07) is 3.64. The second kappa shape index (κ2) is 4.43. The first-order valence-electron chi connectivity index (χ1n) is 4.84. The maximum atomic E-state index is 11.8. The molecule has 7 heteroatoms. The number of nitrogens with two attached hydrogens (primary N) is 1. The molecule has 1 aliphatic heterocycles. The molecule has 1 fully saturated rings. The van der Waals surface area contributed by atoms with Gasteiger partial charge in [0.25, 0.3) is 0 Å². The Morgan fingerprint density at radius 1 is 1.24 bits per heavy atom. The van der Waals surface area contributed by atoms with Crippen LogP contribution < -0.4 is 10.6 Å². The fourth-order valence-electron chi connectivity index (χ4n) is 1.63. The molecular formula is C10H9Cl2N3O2. The van der Waals surface area contributed by atoms with Gasteiger partial charge in [-0.25, -0.2) is 14.5 Å². The molecule has 1 aromatic carbocycles. The van der Waals surface area contributed by atoms with Gasteiger partial charge in [-0.1, -0.05) is 23.2 Å². The van der Waals surface area contributed by atoms with Crippen LogP contribution in [-0.4, -0.2) is 30.1 Å². The predicted octanol–water partition coefficient (Wildman–Crippen LogP) is 2.31. The number of carbonyl (C=O) groups excluding carboxylic acids is 2. The van der Waals surface area contributed by atoms with Gasteiger partial charge in [0.1, 0.15) is 0 Å². The lowest BCUT2D eigenvalue weighted by Crippen LogP contribution is -2.39. The quantitative estimate of drug-likeness (QED) is 0.853. The fourth-order valence-corrected chi connectivity index (χ4v) is 1.93. The maximum Gasteiger partial charge on any atom is 0.332 e. The SMILES string of the molecule is NC(=O)N1CCN(c2ccc(Cl)c(Cl)c2)C1=O. The Labute approximate surface area is 108 Å². The monoisotopic (exact) mass is 273 g/mol. The molecular weight excluding hydrogens is 265 g/mol. The van der Waals surface area contributed by atoms with Crippen LogP contribution in [0, 0.1) is 0 Å². The number of benzene rings is 1. The zero-order chi connectivity index (χ0) is 12.6. The first kappa shape index (κ1) is 12.0. The van der Waals surface area contributed by atoms with Crippen molar-refractivity contribution < 1.29 is 9.59 Å². The van der Waals surface area contributed by atoms with Crippen molar-refractivity contribution in [1.82, 2.24) is 4.90 Å². The van der Waals surface area contributed by atoms with E-state index in [1.165, 1.54) is 4.90 Å². The molecule has 2 rings (SSSR count). The van der Waals surface area contributed by atoms with Gasteiger partial charge in [-0.05, 0) is 18.2 Å². The summed E-state index contributed by atoms with van der Waals surface area (Å²) < 4.78 is 0. The molecule has 5 nitrogen and oxygen atoms in total. The largest absolute Gasteiger partial charge is 0.351 e. The van der Waals surface area contributed by atoms with Gasteiger partial charge in [-0.2, -0.15) is 0 Å². The molecule has 1 aromatic rings. The highest BCUT2D eigenvalue weighted by Crippen LogP contribution is 2.28. The standard InChI is InChI=1S/C10H9Cl2N3O2/c11-7-2-1-6(5-8(7)12)14-3-4-15(9(13)16)10(14)17/h1-2,5H,3-4H2,(H2,13,16). The molecule has 2 N–H and O–H groups in total. The minimum absolute atomic E-state index is 0.272. The number of halogens is 2. The van der Waals surface area contributed by atoms with Crippen molar-refractivity contribution in [2.75, 3.05) is 18.0 Å². The molecule has 4 amide bonds. The van der Waals surface area contributed by atoms with Gasteiger partial charge in [0.05, 0.1) is 16.6 Å². The smallest absolute Gasteiger partial charge is 0.332 e. The molecule has 0 aliphatic carbocycles. The average Bonchev–Trinajstić information content (AvgIpc) is 2.64. The van der Waals surface area contributed by atoms with E-state index in [2.05, 4.69) is 0 Å². The molecule has 0 unspecified atom stereocenters. The summed E-state index contributed by atoms with van der Waals surface area (Å²) in [6.07, 6.45) is 0. The number of hydrogen-bond donors (Lipinski definition) is 1. The van der Waals surface area contributed by atoms with Gasteiger partial charge in [0.15, 0.2) is 0 Å². The molecule has 0 bridgehead atoms. The molecule has 1 aliphatic rings. The Morgan fingerprint density at radius 3 is 2.47 bits per heavy atom. The summed E-state index contributed by atoms with van der Waals surface area (Å²) >= 11 is 11.6. The Balaban J connectivity index is 2.27. The van der Waals surface area contributed by atoms with Crippen molar-refractivity contribution in [3.05, 3.63) is 28.2 Å². The molecule has 0 aromatic heterocycles. The van der Waals surface area contributed by atoms with Crippen LogP contribution in [0.15, 0.2) is 18.2 Å². The number of urea groups is 2. The van der Waals surface area contributed by atoms with Crippen LogP contribution in [0.5, 0.6) is 0 Å². The van der Waals surface area contributed by atoms with Crippen LogP contribution in [0.4, 0.5) is 15.3 Å². The molecule has 0 saturated carbocycles. The Bertz CT molecular complexity index is 492. The van der Waals surface area contributed by atoms with Crippen molar-refractivity contribution >= 4 is 41.0 Å². The van der Waals surface area contributed by atoms with Crippen LogP contribution >= 0.6 is 23.2 Å². The number of primary amides is 1. The summed E-state index contributed by atoms with van der Waals surface area (Å²) in [4.78, 5) is 25.2. The minimum Gasteiger partial charge on any atom is -0.351 e. The van der Waals surface area contributed by atoms with Gasteiger partial charge in [-0.3, -0.25) is 4.90 Å². The minimum atomic E-state index is -0.752. The van der Waals surface area contributed by atoms with Crippen LogP contribution in [0.1, 0.15) is 0 Å². The number of imide groups is 1. The number of rotatable bonds is 1. The highest BCUT2D eigenvalue weighted by Gasteiger charge is 2.32. The van der Waals surface area contributed by atoms with Gasteiger partial charge >= 0.3 is 12.1 Å². The van der Waals surface area contributed by atoms with Crippen LogP contribution in [0.3, 0.4) is 0 Å². The molecule has 17 heavy (non-hydrogen) atoms. The predicted molar refractivity (Wildman–Crippen MR) is 65.5 cm³/mol. The average molecular weight is 274 g/mol. The molecule has 0 radical (unpaired) electrons. The van der Waals surface area contributed by atoms with E-state index >= 15 is 0 Å². The second-order valence-corrected chi connectivity index (χ2v) is 4.34. The van der Waals surface area contributed by atoms with Crippen molar-refractivity contribution in [1.29, 1.82) is 0 Å². The zero-order valence-corrected chi connectivity index (χ0v) is 10.2. The Hall–Kier alpha value is -1.46. The summed E-state index contributed by atoms with van der Waals surface area (Å²) in [6.45, 7) is 0.661. The van der Waals surface area contributed by atoms with E-state index in [-0.39, 0.29) is 6.54 Å². The van der Waals surface area contributed by atoms with E-state index in [1.807, 2.05) is 0 Å². The first-order valence-corrected chi connectivity index (χ1v) is 5.60. The topological polar surface area (TPSA) is 66.6 Å². The molecule has 1 saturated heterocycles. The van der Waals surface area contributed by atoms with Crippen LogP contribution in [-0.2, 0) is 0 Å². The third-order valence-electron chi connectivity index (χ3n) is 2.49.